The number of imidazole rings is 1. The minimum atomic E-state index is -4.37. The fraction of sp³-hybridized carbons (Fsp3) is 0.241. The van der Waals surface area contributed by atoms with Gasteiger partial charge in [0.15, 0.2) is 5.82 Å². The molecule has 218 valence electrons. The van der Waals surface area contributed by atoms with E-state index in [0.29, 0.717) is 49.8 Å². The maximum Gasteiger partial charge on any atom is 0.395 e. The van der Waals surface area contributed by atoms with Gasteiger partial charge in [0, 0.05) is 41.2 Å². The number of carbonyl (C=O) groups excluding carboxylic acids is 1. The van der Waals surface area contributed by atoms with Crippen LogP contribution < -0.4 is 5.32 Å². The molecule has 0 saturated carbocycles. The van der Waals surface area contributed by atoms with Crippen LogP contribution in [0.3, 0.4) is 0 Å². The first kappa shape index (κ1) is 29.4. The minimum absolute atomic E-state index is 0.00933. The molecule has 2 heterocycles. The van der Waals surface area contributed by atoms with E-state index in [2.05, 4.69) is 10.3 Å². The maximum atomic E-state index is 13.4. The predicted molar refractivity (Wildman–Crippen MR) is 152 cm³/mol. The lowest BCUT2D eigenvalue weighted by Gasteiger charge is -2.19. The van der Waals surface area contributed by atoms with Gasteiger partial charge in [-0.1, -0.05) is 41.4 Å². The van der Waals surface area contributed by atoms with Crippen molar-refractivity contribution >= 4 is 41.2 Å². The number of carboxylic acid groups (broad SMARTS) is 1. The van der Waals surface area contributed by atoms with Crippen LogP contribution in [0, 0.1) is 5.92 Å². The second-order valence-electron chi connectivity index (χ2n) is 9.86. The molecule has 0 saturated heterocycles. The summed E-state index contributed by atoms with van der Waals surface area (Å²) in [6.07, 6.45) is -2.21. The Hall–Kier alpha value is -4.09. The Labute approximate surface area is 248 Å². The normalized spacial score (nSPS) is 14.6. The zero-order valence-corrected chi connectivity index (χ0v) is 23.6. The lowest BCUT2D eigenvalue weighted by molar-refractivity contribution is -0.161. The fourth-order valence-corrected chi connectivity index (χ4v) is 5.27. The molecule has 8 nitrogen and oxygen atoms in total. The van der Waals surface area contributed by atoms with Crippen molar-refractivity contribution in [2.45, 2.75) is 25.6 Å². The average molecular weight is 618 g/mol. The first-order valence-electron chi connectivity index (χ1n) is 12.8. The SMILES string of the molecule is Cn1c(-c2cc(-c3cc(Cl)cc(Cl)c3)nn2Cc2ccc(C(=O)NCCC(=O)O)cc2)nc2c1C=CC(C(F)(F)F)C2. The lowest BCUT2D eigenvalue weighted by Crippen LogP contribution is -2.25. The van der Waals surface area contributed by atoms with Crippen LogP contribution in [0.1, 0.15) is 33.7 Å². The van der Waals surface area contributed by atoms with Gasteiger partial charge in [-0.2, -0.15) is 18.3 Å². The number of aromatic nitrogens is 4. The summed E-state index contributed by atoms with van der Waals surface area (Å²) in [5, 5.41) is 16.9. The van der Waals surface area contributed by atoms with Gasteiger partial charge in [-0.25, -0.2) is 4.98 Å². The summed E-state index contributed by atoms with van der Waals surface area (Å²) < 4.78 is 43.7. The number of nitrogens with zero attached hydrogens (tertiary/aromatic N) is 4. The molecule has 1 atom stereocenters. The van der Waals surface area contributed by atoms with Gasteiger partial charge in [-0.3, -0.25) is 14.3 Å². The van der Waals surface area contributed by atoms with Crippen LogP contribution in [-0.4, -0.2) is 49.0 Å². The summed E-state index contributed by atoms with van der Waals surface area (Å²) in [5.41, 5.74) is 3.82. The number of amides is 1. The lowest BCUT2D eigenvalue weighted by atomic mass is 9.96. The van der Waals surface area contributed by atoms with Gasteiger partial charge >= 0.3 is 12.1 Å². The number of nitrogens with one attached hydrogen (secondary N) is 1. The summed E-state index contributed by atoms with van der Waals surface area (Å²) in [6.45, 7) is 0.262. The highest BCUT2D eigenvalue weighted by atomic mass is 35.5. The van der Waals surface area contributed by atoms with Gasteiger partial charge in [-0.05, 0) is 48.0 Å². The van der Waals surface area contributed by atoms with Crippen molar-refractivity contribution in [3.05, 3.63) is 87.2 Å². The zero-order chi connectivity index (χ0) is 30.2. The maximum absolute atomic E-state index is 13.4. The smallest absolute Gasteiger partial charge is 0.395 e. The van der Waals surface area contributed by atoms with Gasteiger partial charge in [0.25, 0.3) is 5.91 Å². The Balaban J connectivity index is 1.49. The van der Waals surface area contributed by atoms with E-state index in [1.54, 1.807) is 64.8 Å². The Morgan fingerprint density at radius 2 is 1.79 bits per heavy atom. The van der Waals surface area contributed by atoms with Gasteiger partial charge in [0.1, 0.15) is 5.69 Å². The van der Waals surface area contributed by atoms with Gasteiger partial charge in [0.2, 0.25) is 0 Å². The molecule has 0 aliphatic heterocycles. The molecule has 0 fully saturated rings. The molecular weight excluding hydrogens is 594 g/mol. The highest BCUT2D eigenvalue weighted by Crippen LogP contribution is 2.37. The van der Waals surface area contributed by atoms with Crippen LogP contribution in [0.5, 0.6) is 0 Å². The van der Waals surface area contributed by atoms with E-state index in [9.17, 15) is 22.8 Å². The van der Waals surface area contributed by atoms with Crippen molar-refractivity contribution in [3.8, 4) is 22.8 Å². The number of allylic oxidation sites excluding steroid dienone is 1. The molecule has 1 aliphatic rings. The Morgan fingerprint density at radius 3 is 2.43 bits per heavy atom. The molecule has 4 aromatic rings. The predicted octanol–water partition coefficient (Wildman–Crippen LogP) is 6.26. The molecule has 0 radical (unpaired) electrons. The number of carbonyl (C=O) groups is 2. The molecule has 1 unspecified atom stereocenters. The van der Waals surface area contributed by atoms with Crippen LogP contribution in [0.15, 0.2) is 54.6 Å². The molecule has 0 bridgehead atoms. The van der Waals surface area contributed by atoms with Crippen molar-refractivity contribution in [2.24, 2.45) is 13.0 Å². The standard InChI is InChI=1S/C29H24Cl2F3N5O3/c1-38-24-7-6-19(29(32,33)34)12-23(24)36-27(38)25-14-22(18-10-20(30)13-21(31)11-18)37-39(25)15-16-2-4-17(5-3-16)28(42)35-9-8-26(40)41/h2-7,10-11,13-14,19H,8-9,12,15H2,1H3,(H,35,42)(H,40,41). The quantitative estimate of drug-likeness (QED) is 0.243. The highest BCUT2D eigenvalue weighted by Gasteiger charge is 2.40. The number of aliphatic carboxylic acids is 1. The highest BCUT2D eigenvalue weighted by molar-refractivity contribution is 6.35. The largest absolute Gasteiger partial charge is 0.481 e. The van der Waals surface area contributed by atoms with Crippen molar-refractivity contribution < 1.29 is 27.9 Å². The van der Waals surface area contributed by atoms with E-state index >= 15 is 0 Å². The second-order valence-corrected chi connectivity index (χ2v) is 10.7. The van der Waals surface area contributed by atoms with Crippen LogP contribution in [0.2, 0.25) is 10.0 Å². The third-order valence-electron chi connectivity index (χ3n) is 6.88. The van der Waals surface area contributed by atoms with Crippen LogP contribution in [-0.2, 0) is 24.8 Å². The van der Waals surface area contributed by atoms with Crippen molar-refractivity contribution in [2.75, 3.05) is 6.54 Å². The zero-order valence-electron chi connectivity index (χ0n) is 22.1. The molecule has 1 amide bonds. The summed E-state index contributed by atoms with van der Waals surface area (Å²) in [5.74, 6) is -2.58. The molecule has 1 aliphatic carbocycles. The number of benzene rings is 2. The molecule has 42 heavy (non-hydrogen) atoms. The van der Waals surface area contributed by atoms with E-state index in [1.165, 1.54) is 6.08 Å². The van der Waals surface area contributed by atoms with Gasteiger partial charge < -0.3 is 15.0 Å². The summed E-state index contributed by atoms with van der Waals surface area (Å²) >= 11 is 12.5. The van der Waals surface area contributed by atoms with E-state index in [1.807, 2.05) is 0 Å². The molecular formula is C29H24Cl2F3N5O3. The van der Waals surface area contributed by atoms with E-state index in [4.69, 9.17) is 33.4 Å². The Kier molecular flexibility index (Phi) is 8.16. The fourth-order valence-electron chi connectivity index (χ4n) is 4.74. The number of hydrogen-bond acceptors (Lipinski definition) is 4. The molecule has 2 aromatic carbocycles. The summed E-state index contributed by atoms with van der Waals surface area (Å²) in [7, 11) is 1.74. The molecule has 5 rings (SSSR count). The Morgan fingerprint density at radius 1 is 1.10 bits per heavy atom. The molecule has 13 heteroatoms. The first-order chi connectivity index (χ1) is 19.9. The van der Waals surface area contributed by atoms with E-state index in [-0.39, 0.29) is 25.9 Å². The number of hydrogen-bond donors (Lipinski definition) is 2. The number of carboxylic acids is 1. The monoisotopic (exact) mass is 617 g/mol. The Bertz CT molecular complexity index is 1670. The summed E-state index contributed by atoms with van der Waals surface area (Å²) in [6, 6.07) is 13.5. The van der Waals surface area contributed by atoms with Crippen molar-refractivity contribution in [1.29, 1.82) is 0 Å². The van der Waals surface area contributed by atoms with Gasteiger partial charge in [-0.15, -0.1) is 0 Å². The number of halogens is 5. The molecule has 2 N–H and O–H groups in total. The first-order valence-corrected chi connectivity index (χ1v) is 13.6. The van der Waals surface area contributed by atoms with Crippen LogP contribution in [0.4, 0.5) is 13.2 Å². The number of alkyl halides is 3. The molecule has 2 aromatic heterocycles. The number of rotatable bonds is 8. The number of fused-ring (bicyclic) bond motifs is 1. The van der Waals surface area contributed by atoms with Gasteiger partial charge in [0.05, 0.1) is 36.0 Å². The average Bonchev–Trinajstić information content (AvgIpc) is 3.48. The topological polar surface area (TPSA) is 102 Å². The second kappa shape index (κ2) is 11.7. The third-order valence-corrected chi connectivity index (χ3v) is 7.31. The van der Waals surface area contributed by atoms with E-state index < -0.39 is 24.0 Å². The van der Waals surface area contributed by atoms with Crippen LogP contribution in [0.25, 0.3) is 28.9 Å². The summed E-state index contributed by atoms with van der Waals surface area (Å²) in [4.78, 5) is 27.6. The van der Waals surface area contributed by atoms with E-state index in [0.717, 1.165) is 11.6 Å². The molecule has 0 spiro atoms. The van der Waals surface area contributed by atoms with Crippen LogP contribution >= 0.6 is 23.2 Å². The van der Waals surface area contributed by atoms with Crippen molar-refractivity contribution in [1.82, 2.24) is 24.6 Å². The van der Waals surface area contributed by atoms with Crippen molar-refractivity contribution in [3.63, 3.8) is 0 Å². The third kappa shape index (κ3) is 6.37. The minimum Gasteiger partial charge on any atom is -0.481 e.